The second-order valence-electron chi connectivity index (χ2n) is 8.72. The van der Waals surface area contributed by atoms with Crippen molar-refractivity contribution in [3.8, 4) is 5.75 Å². The number of ether oxygens (including phenoxy) is 1. The number of fused-ring (bicyclic) bond motifs is 1. The molecule has 4 rings (SSSR count). The third kappa shape index (κ3) is 4.27. The Morgan fingerprint density at radius 3 is 2.47 bits per heavy atom. The summed E-state index contributed by atoms with van der Waals surface area (Å²) in [4.78, 5) is 17.1. The summed E-state index contributed by atoms with van der Waals surface area (Å²) < 4.78 is 7.78. The van der Waals surface area contributed by atoms with E-state index in [9.17, 15) is 4.79 Å². The van der Waals surface area contributed by atoms with E-state index in [2.05, 4.69) is 46.5 Å². The van der Waals surface area contributed by atoms with Crippen molar-refractivity contribution in [3.05, 3.63) is 46.8 Å². The summed E-state index contributed by atoms with van der Waals surface area (Å²) in [6.45, 7) is 11.0. The Labute approximate surface area is 180 Å². The summed E-state index contributed by atoms with van der Waals surface area (Å²) in [6, 6.07) is 6.33. The highest BCUT2D eigenvalue weighted by Gasteiger charge is 2.21. The van der Waals surface area contributed by atoms with Crippen LogP contribution in [0.25, 0.3) is 0 Å². The zero-order chi connectivity index (χ0) is 21.1. The maximum Gasteiger partial charge on any atom is 0.164 e. The number of hydrogen-bond donors (Lipinski definition) is 0. The zero-order valence-electron chi connectivity index (χ0n) is 18.7. The highest BCUT2D eigenvalue weighted by Crippen LogP contribution is 2.30. The first-order valence-electron chi connectivity index (χ1n) is 11.4. The molecule has 0 radical (unpaired) electrons. The minimum Gasteiger partial charge on any atom is -0.496 e. The number of anilines is 1. The van der Waals surface area contributed by atoms with Gasteiger partial charge in [-0.2, -0.15) is 0 Å². The molecule has 1 aliphatic heterocycles. The lowest BCUT2D eigenvalue weighted by Crippen LogP contribution is -2.46. The van der Waals surface area contributed by atoms with Gasteiger partial charge in [0.2, 0.25) is 0 Å². The zero-order valence-corrected chi connectivity index (χ0v) is 18.7. The Morgan fingerprint density at radius 1 is 0.933 bits per heavy atom. The Hall–Kier alpha value is -2.27. The maximum absolute atomic E-state index is 12.0. The van der Waals surface area contributed by atoms with Crippen molar-refractivity contribution in [2.45, 2.75) is 52.5 Å². The fraction of sp³-hybridized carbons (Fsp3) is 0.560. The monoisotopic (exact) mass is 409 g/mol. The molecule has 0 N–H and O–H groups in total. The molecule has 0 atom stereocenters. The highest BCUT2D eigenvalue weighted by atomic mass is 16.5. The van der Waals surface area contributed by atoms with Crippen LogP contribution < -0.4 is 9.64 Å². The summed E-state index contributed by atoms with van der Waals surface area (Å²) >= 11 is 0. The van der Waals surface area contributed by atoms with Gasteiger partial charge in [-0.15, -0.1) is 0 Å². The molecular weight excluding hydrogens is 374 g/mol. The van der Waals surface area contributed by atoms with Crippen molar-refractivity contribution >= 4 is 11.5 Å². The van der Waals surface area contributed by atoms with Gasteiger partial charge in [0.25, 0.3) is 0 Å². The number of piperazine rings is 1. The number of rotatable bonds is 7. The molecule has 5 nitrogen and oxygen atoms in total. The van der Waals surface area contributed by atoms with Crippen LogP contribution in [-0.2, 0) is 13.0 Å². The van der Waals surface area contributed by atoms with Crippen molar-refractivity contribution in [2.75, 3.05) is 44.7 Å². The molecule has 1 aromatic carbocycles. The molecule has 1 saturated heterocycles. The fourth-order valence-corrected chi connectivity index (χ4v) is 4.97. The molecule has 0 spiro atoms. The van der Waals surface area contributed by atoms with Gasteiger partial charge in [-0.05, 0) is 75.4 Å². The molecule has 0 saturated carbocycles. The Bertz CT molecular complexity index is 894. The van der Waals surface area contributed by atoms with E-state index in [1.807, 2.05) is 6.07 Å². The third-order valence-electron chi connectivity index (χ3n) is 6.96. The summed E-state index contributed by atoms with van der Waals surface area (Å²) in [5.74, 6) is 1.30. The number of benzene rings is 1. The summed E-state index contributed by atoms with van der Waals surface area (Å²) in [7, 11) is 1.74. The lowest BCUT2D eigenvalue weighted by atomic mass is 9.97. The Morgan fingerprint density at radius 2 is 1.70 bits per heavy atom. The molecule has 2 heterocycles. The summed E-state index contributed by atoms with van der Waals surface area (Å²) in [5, 5.41) is 0. The van der Waals surface area contributed by atoms with Gasteiger partial charge in [-0.25, -0.2) is 0 Å². The molecule has 1 aliphatic carbocycles. The van der Waals surface area contributed by atoms with Gasteiger partial charge in [-0.1, -0.05) is 0 Å². The molecule has 2 aliphatic rings. The third-order valence-corrected chi connectivity index (χ3v) is 6.96. The van der Waals surface area contributed by atoms with E-state index >= 15 is 0 Å². The van der Waals surface area contributed by atoms with Gasteiger partial charge >= 0.3 is 0 Å². The number of nitrogens with zero attached hydrogens (tertiary/aromatic N) is 3. The van der Waals surface area contributed by atoms with Crippen LogP contribution in [0.2, 0.25) is 0 Å². The topological polar surface area (TPSA) is 37.7 Å². The van der Waals surface area contributed by atoms with E-state index in [4.69, 9.17) is 4.74 Å². The van der Waals surface area contributed by atoms with Crippen LogP contribution in [0.4, 0.5) is 5.69 Å². The second-order valence-corrected chi connectivity index (χ2v) is 8.72. The van der Waals surface area contributed by atoms with Crippen molar-refractivity contribution in [1.82, 2.24) is 9.47 Å². The maximum atomic E-state index is 12.0. The Kier molecular flexibility index (Phi) is 6.47. The first-order chi connectivity index (χ1) is 14.6. The standard InChI is InChI=1S/C25H35N3O2/c1-19-20(2)25(30-3)10-9-22(19)28-17-15-26(16-18-28)12-4-5-13-27-14-11-21-23(27)7-6-8-24(21)29/h9-11,14H,4-8,12-13,15-18H2,1-3H3. The first kappa shape index (κ1) is 21.0. The lowest BCUT2D eigenvalue weighted by Gasteiger charge is -2.37. The number of aromatic nitrogens is 1. The molecule has 0 unspecified atom stereocenters. The van der Waals surface area contributed by atoms with Crippen molar-refractivity contribution in [3.63, 3.8) is 0 Å². The number of carbonyl (C=O) groups excluding carboxylic acids is 1. The smallest absolute Gasteiger partial charge is 0.164 e. The average molecular weight is 410 g/mol. The van der Waals surface area contributed by atoms with E-state index in [0.29, 0.717) is 5.78 Å². The highest BCUT2D eigenvalue weighted by molar-refractivity contribution is 5.98. The second kappa shape index (κ2) is 9.25. The minimum atomic E-state index is 0.329. The predicted molar refractivity (Wildman–Crippen MR) is 122 cm³/mol. The quantitative estimate of drug-likeness (QED) is 0.641. The van der Waals surface area contributed by atoms with Gasteiger partial charge in [0.1, 0.15) is 5.75 Å². The molecule has 1 aromatic heterocycles. The number of methoxy groups -OCH3 is 1. The van der Waals surface area contributed by atoms with Gasteiger partial charge in [0, 0.05) is 62.3 Å². The fourth-order valence-electron chi connectivity index (χ4n) is 4.97. The van der Waals surface area contributed by atoms with Crippen LogP contribution in [0.5, 0.6) is 5.75 Å². The van der Waals surface area contributed by atoms with E-state index < -0.39 is 0 Å². The molecule has 0 amide bonds. The minimum absolute atomic E-state index is 0.329. The van der Waals surface area contributed by atoms with E-state index in [1.165, 1.54) is 35.3 Å². The van der Waals surface area contributed by atoms with Crippen molar-refractivity contribution < 1.29 is 9.53 Å². The number of hydrogen-bond acceptors (Lipinski definition) is 4. The van der Waals surface area contributed by atoms with E-state index in [0.717, 1.165) is 69.8 Å². The number of unbranched alkanes of at least 4 members (excludes halogenated alkanes) is 1. The predicted octanol–water partition coefficient (Wildman–Crippen LogP) is 4.23. The normalized spacial score (nSPS) is 17.3. The van der Waals surface area contributed by atoms with Crippen LogP contribution in [0.3, 0.4) is 0 Å². The Balaban J connectivity index is 1.22. The van der Waals surface area contributed by atoms with E-state index in [-0.39, 0.29) is 0 Å². The van der Waals surface area contributed by atoms with Gasteiger partial charge < -0.3 is 14.2 Å². The molecule has 162 valence electrons. The van der Waals surface area contributed by atoms with Gasteiger partial charge in [-0.3, -0.25) is 9.69 Å². The van der Waals surface area contributed by atoms with Crippen LogP contribution in [0.15, 0.2) is 24.4 Å². The first-order valence-corrected chi connectivity index (χ1v) is 11.4. The van der Waals surface area contributed by atoms with Crippen LogP contribution >= 0.6 is 0 Å². The van der Waals surface area contributed by atoms with Crippen molar-refractivity contribution in [2.24, 2.45) is 0 Å². The van der Waals surface area contributed by atoms with Crippen LogP contribution in [0, 0.1) is 13.8 Å². The van der Waals surface area contributed by atoms with Crippen LogP contribution in [0.1, 0.15) is 52.9 Å². The van der Waals surface area contributed by atoms with Crippen molar-refractivity contribution in [1.29, 1.82) is 0 Å². The molecule has 2 aromatic rings. The molecule has 1 fully saturated rings. The number of aryl methyl sites for hydroxylation is 1. The number of carbonyl (C=O) groups is 1. The number of Topliss-reactive ketones (excluding diaryl/α,β-unsaturated/α-hetero) is 1. The molecule has 0 bridgehead atoms. The van der Waals surface area contributed by atoms with Crippen LogP contribution in [-0.4, -0.2) is 55.1 Å². The lowest BCUT2D eigenvalue weighted by molar-refractivity contribution is 0.0971. The van der Waals surface area contributed by atoms with E-state index in [1.54, 1.807) is 7.11 Å². The summed E-state index contributed by atoms with van der Waals surface area (Å²) in [6.07, 6.45) is 7.28. The largest absolute Gasteiger partial charge is 0.496 e. The van der Waals surface area contributed by atoms with Gasteiger partial charge in [0.15, 0.2) is 5.78 Å². The van der Waals surface area contributed by atoms with Gasteiger partial charge in [0.05, 0.1) is 7.11 Å². The average Bonchev–Trinajstić information content (AvgIpc) is 3.18. The molecule has 5 heteroatoms. The number of ketones is 1. The summed E-state index contributed by atoms with van der Waals surface area (Å²) in [5.41, 5.74) is 6.16. The molecule has 30 heavy (non-hydrogen) atoms. The SMILES string of the molecule is COc1ccc(N2CCN(CCCCn3ccc4c3CCCC4=O)CC2)c(C)c1C. The molecular formula is C25H35N3O2.